The molecule has 0 aromatic carbocycles. The lowest BCUT2D eigenvalue weighted by atomic mass is 9.96. The molecule has 2 N–H and O–H groups in total. The number of thiazole rings is 1. The highest BCUT2D eigenvalue weighted by molar-refractivity contribution is 7.13. The highest BCUT2D eigenvalue weighted by atomic mass is 32.1. The fraction of sp³-hybridized carbons (Fsp3) is 0.571. The van der Waals surface area contributed by atoms with Crippen LogP contribution in [0.2, 0.25) is 0 Å². The molecule has 0 bridgehead atoms. The van der Waals surface area contributed by atoms with E-state index in [0.717, 1.165) is 16.2 Å². The van der Waals surface area contributed by atoms with E-state index >= 15 is 0 Å². The van der Waals surface area contributed by atoms with Crippen LogP contribution in [0.15, 0.2) is 5.38 Å². The maximum Gasteiger partial charge on any atom is 0.394 e. The predicted molar refractivity (Wildman–Crippen MR) is 83.7 cm³/mol. The standard InChI is InChI=1S/C14H16F3N3O5S/c1-2-25-10(21)3-7-6-26-12(18-7)19-13(24)20-4-8(11(22)23)9(5-20)14(15,16)17/h6,8-9H,2-5H2,1H3,(H,22,23)(H,18,19,24)/t8-,9-/m1/s1. The quantitative estimate of drug-likeness (QED) is 0.738. The number of ether oxygens (including phenoxy) is 1. The van der Waals surface area contributed by atoms with Crippen LogP contribution in [-0.4, -0.2) is 58.8 Å². The van der Waals surface area contributed by atoms with Crippen LogP contribution < -0.4 is 5.32 Å². The fourth-order valence-corrected chi connectivity index (χ4v) is 3.23. The van der Waals surface area contributed by atoms with E-state index in [0.29, 0.717) is 5.69 Å². The number of halogens is 3. The van der Waals surface area contributed by atoms with Crippen LogP contribution in [0.5, 0.6) is 0 Å². The van der Waals surface area contributed by atoms with E-state index in [1.807, 2.05) is 0 Å². The Morgan fingerprint density at radius 3 is 2.65 bits per heavy atom. The molecule has 1 saturated heterocycles. The Bertz CT molecular complexity index is 694. The van der Waals surface area contributed by atoms with Gasteiger partial charge in [-0.15, -0.1) is 11.3 Å². The predicted octanol–water partition coefficient (Wildman–Crippen LogP) is 1.98. The Labute approximate surface area is 149 Å². The number of nitrogens with one attached hydrogen (secondary N) is 1. The van der Waals surface area contributed by atoms with E-state index < -0.39 is 49.1 Å². The summed E-state index contributed by atoms with van der Waals surface area (Å²) in [7, 11) is 0. The van der Waals surface area contributed by atoms with E-state index in [2.05, 4.69) is 10.3 Å². The summed E-state index contributed by atoms with van der Waals surface area (Å²) < 4.78 is 43.6. The first kappa shape index (κ1) is 19.9. The van der Waals surface area contributed by atoms with Gasteiger partial charge in [0, 0.05) is 18.5 Å². The summed E-state index contributed by atoms with van der Waals surface area (Å²) >= 11 is 0.994. The molecular weight excluding hydrogens is 379 g/mol. The van der Waals surface area contributed by atoms with Gasteiger partial charge in [0.15, 0.2) is 5.13 Å². The third-order valence-electron chi connectivity index (χ3n) is 3.74. The molecule has 2 atom stereocenters. The highest BCUT2D eigenvalue weighted by Gasteiger charge is 2.53. The fourth-order valence-electron chi connectivity index (χ4n) is 2.53. The number of alkyl halides is 3. The monoisotopic (exact) mass is 395 g/mol. The number of nitrogens with zero attached hydrogens (tertiary/aromatic N) is 2. The lowest BCUT2D eigenvalue weighted by Gasteiger charge is -2.18. The summed E-state index contributed by atoms with van der Waals surface area (Å²) in [6.07, 6.45) is -4.81. The largest absolute Gasteiger partial charge is 0.481 e. The van der Waals surface area contributed by atoms with Gasteiger partial charge < -0.3 is 14.7 Å². The first-order valence-electron chi connectivity index (χ1n) is 7.57. The summed E-state index contributed by atoms with van der Waals surface area (Å²) in [6.45, 7) is 0.575. The van der Waals surface area contributed by atoms with Gasteiger partial charge in [0.2, 0.25) is 0 Å². The number of amides is 2. The van der Waals surface area contributed by atoms with E-state index in [1.165, 1.54) is 5.38 Å². The zero-order valence-corrected chi connectivity index (χ0v) is 14.4. The molecule has 2 heterocycles. The summed E-state index contributed by atoms with van der Waals surface area (Å²) in [6, 6.07) is -0.875. The number of hydrogen-bond donors (Lipinski definition) is 2. The minimum absolute atomic E-state index is 0.0941. The second kappa shape index (κ2) is 7.89. The van der Waals surface area contributed by atoms with Gasteiger partial charge in [0.05, 0.1) is 30.6 Å². The molecule has 8 nitrogen and oxygen atoms in total. The highest BCUT2D eigenvalue weighted by Crippen LogP contribution is 2.37. The summed E-state index contributed by atoms with van der Waals surface area (Å²) in [4.78, 5) is 39.3. The Morgan fingerprint density at radius 2 is 2.12 bits per heavy atom. The first-order valence-corrected chi connectivity index (χ1v) is 8.45. The molecule has 0 aliphatic carbocycles. The van der Waals surface area contributed by atoms with Crippen molar-refractivity contribution >= 4 is 34.4 Å². The lowest BCUT2D eigenvalue weighted by Crippen LogP contribution is -2.35. The van der Waals surface area contributed by atoms with Crippen molar-refractivity contribution in [3.63, 3.8) is 0 Å². The van der Waals surface area contributed by atoms with Crippen molar-refractivity contribution in [2.45, 2.75) is 19.5 Å². The number of rotatable bonds is 5. The molecule has 0 unspecified atom stereocenters. The van der Waals surface area contributed by atoms with Gasteiger partial charge >= 0.3 is 24.1 Å². The van der Waals surface area contributed by atoms with Gasteiger partial charge in [-0.2, -0.15) is 13.2 Å². The van der Waals surface area contributed by atoms with E-state index in [1.54, 1.807) is 6.92 Å². The smallest absolute Gasteiger partial charge is 0.394 e. The molecule has 1 aliphatic rings. The third-order valence-corrected chi connectivity index (χ3v) is 4.55. The van der Waals surface area contributed by atoms with Crippen LogP contribution >= 0.6 is 11.3 Å². The summed E-state index contributed by atoms with van der Waals surface area (Å²) in [5.74, 6) is -5.93. The number of anilines is 1. The molecule has 2 rings (SSSR count). The minimum atomic E-state index is -4.72. The Kier molecular flexibility index (Phi) is 6.05. The normalized spacial score (nSPS) is 20.1. The van der Waals surface area contributed by atoms with Crippen molar-refractivity contribution in [2.24, 2.45) is 11.8 Å². The minimum Gasteiger partial charge on any atom is -0.481 e. The van der Waals surface area contributed by atoms with Gasteiger partial charge in [-0.25, -0.2) is 9.78 Å². The molecular formula is C14H16F3N3O5S. The number of carboxylic acid groups (broad SMARTS) is 1. The van der Waals surface area contributed by atoms with Crippen LogP contribution in [0.4, 0.5) is 23.1 Å². The van der Waals surface area contributed by atoms with Crippen molar-refractivity contribution in [3.8, 4) is 0 Å². The first-order chi connectivity index (χ1) is 12.1. The van der Waals surface area contributed by atoms with Crippen molar-refractivity contribution in [3.05, 3.63) is 11.1 Å². The number of urea groups is 1. The average molecular weight is 395 g/mol. The number of hydrogen-bond acceptors (Lipinski definition) is 6. The van der Waals surface area contributed by atoms with Gasteiger partial charge in [0.1, 0.15) is 0 Å². The molecule has 12 heteroatoms. The number of carbonyl (C=O) groups excluding carboxylic acids is 2. The molecule has 1 aromatic rings. The maximum absolute atomic E-state index is 12.9. The Balaban J connectivity index is 1.99. The van der Waals surface area contributed by atoms with E-state index in [9.17, 15) is 27.6 Å². The topological polar surface area (TPSA) is 109 Å². The van der Waals surface area contributed by atoms with Gasteiger partial charge in [-0.05, 0) is 6.92 Å². The van der Waals surface area contributed by atoms with Gasteiger partial charge in [-0.3, -0.25) is 14.9 Å². The average Bonchev–Trinajstić information content (AvgIpc) is 3.13. The number of likely N-dealkylation sites (tertiary alicyclic amines) is 1. The number of esters is 1. The zero-order valence-electron chi connectivity index (χ0n) is 13.6. The van der Waals surface area contributed by atoms with Crippen molar-refractivity contribution in [2.75, 3.05) is 25.0 Å². The Morgan fingerprint density at radius 1 is 1.42 bits per heavy atom. The molecule has 1 aliphatic heterocycles. The molecule has 1 fully saturated rings. The molecule has 0 saturated carbocycles. The van der Waals surface area contributed by atoms with E-state index in [-0.39, 0.29) is 18.2 Å². The molecule has 26 heavy (non-hydrogen) atoms. The van der Waals surface area contributed by atoms with Crippen LogP contribution in [0.25, 0.3) is 0 Å². The third kappa shape index (κ3) is 4.84. The molecule has 0 radical (unpaired) electrons. The number of aliphatic carboxylic acids is 1. The number of aromatic nitrogens is 1. The summed E-state index contributed by atoms with van der Waals surface area (Å²) in [5, 5.41) is 12.9. The number of carbonyl (C=O) groups is 3. The second-order valence-electron chi connectivity index (χ2n) is 5.55. The van der Waals surface area contributed by atoms with Crippen LogP contribution in [0, 0.1) is 11.8 Å². The van der Waals surface area contributed by atoms with Crippen molar-refractivity contribution < 1.29 is 37.4 Å². The van der Waals surface area contributed by atoms with Crippen LogP contribution in [-0.2, 0) is 20.7 Å². The van der Waals surface area contributed by atoms with Crippen LogP contribution in [0.3, 0.4) is 0 Å². The SMILES string of the molecule is CCOC(=O)Cc1csc(NC(=O)N2C[C@@H](C(F)(F)F)[C@H](C(=O)O)C2)n1. The summed E-state index contributed by atoms with van der Waals surface area (Å²) in [5.41, 5.74) is 0.349. The lowest BCUT2D eigenvalue weighted by molar-refractivity contribution is -0.187. The van der Waals surface area contributed by atoms with Crippen molar-refractivity contribution in [1.29, 1.82) is 0 Å². The maximum atomic E-state index is 12.9. The van der Waals surface area contributed by atoms with Gasteiger partial charge in [-0.1, -0.05) is 0 Å². The van der Waals surface area contributed by atoms with Crippen LogP contribution in [0.1, 0.15) is 12.6 Å². The molecule has 0 spiro atoms. The second-order valence-corrected chi connectivity index (χ2v) is 6.41. The van der Waals surface area contributed by atoms with Crippen molar-refractivity contribution in [1.82, 2.24) is 9.88 Å². The van der Waals surface area contributed by atoms with E-state index in [4.69, 9.17) is 9.84 Å². The molecule has 1 aromatic heterocycles. The molecule has 2 amide bonds. The molecule has 144 valence electrons. The van der Waals surface area contributed by atoms with Gasteiger partial charge in [0.25, 0.3) is 0 Å². The number of carboxylic acids is 1. The zero-order chi connectivity index (χ0) is 19.5. The Hall–Kier alpha value is -2.37.